The highest BCUT2D eigenvalue weighted by molar-refractivity contribution is 6.30. The number of fused-ring (bicyclic) bond motifs is 1. The average molecular weight is 346 g/mol. The molecule has 0 aliphatic carbocycles. The van der Waals surface area contributed by atoms with Crippen molar-refractivity contribution in [3.05, 3.63) is 46.7 Å². The number of nitrogens with one attached hydrogen (secondary N) is 1. The molecule has 0 saturated carbocycles. The van der Waals surface area contributed by atoms with Gasteiger partial charge in [0.1, 0.15) is 0 Å². The maximum atomic E-state index is 12.3. The van der Waals surface area contributed by atoms with Gasteiger partial charge in [0.25, 0.3) is 0 Å². The van der Waals surface area contributed by atoms with Crippen LogP contribution in [-0.2, 0) is 13.0 Å². The van der Waals surface area contributed by atoms with Crippen molar-refractivity contribution in [2.45, 2.75) is 19.9 Å². The summed E-state index contributed by atoms with van der Waals surface area (Å²) in [4.78, 5) is 24.7. The normalized spacial score (nSPS) is 13.4. The topological polar surface area (TPSA) is 61.4 Å². The van der Waals surface area contributed by atoms with Crippen molar-refractivity contribution in [3.8, 4) is 0 Å². The maximum Gasteiger partial charge on any atom is 0.320 e. The summed E-state index contributed by atoms with van der Waals surface area (Å²) in [7, 11) is 1.81. The molecule has 0 unspecified atom stereocenters. The van der Waals surface area contributed by atoms with Crippen LogP contribution in [-0.4, -0.2) is 45.9 Å². The van der Waals surface area contributed by atoms with E-state index < -0.39 is 0 Å². The van der Waals surface area contributed by atoms with Crippen LogP contribution in [0.25, 0.3) is 0 Å². The van der Waals surface area contributed by atoms with Gasteiger partial charge in [0.15, 0.2) is 0 Å². The van der Waals surface area contributed by atoms with Crippen LogP contribution in [0.1, 0.15) is 18.2 Å². The fraction of sp³-hybridized carbons (Fsp3) is 0.353. The van der Waals surface area contributed by atoms with Crippen molar-refractivity contribution in [1.82, 2.24) is 19.8 Å². The van der Waals surface area contributed by atoms with Crippen molar-refractivity contribution in [1.29, 1.82) is 0 Å². The second-order valence-corrected chi connectivity index (χ2v) is 6.21. The molecule has 3 rings (SSSR count). The summed E-state index contributed by atoms with van der Waals surface area (Å²) in [5, 5.41) is 3.82. The molecule has 24 heavy (non-hydrogen) atoms. The molecule has 7 heteroatoms. The molecule has 0 saturated heterocycles. The van der Waals surface area contributed by atoms with E-state index in [-0.39, 0.29) is 6.03 Å². The summed E-state index contributed by atoms with van der Waals surface area (Å²) < 4.78 is 0. The van der Waals surface area contributed by atoms with Crippen LogP contribution in [0.3, 0.4) is 0 Å². The van der Waals surface area contributed by atoms with Gasteiger partial charge in [-0.25, -0.2) is 14.8 Å². The number of carbonyl (C=O) groups is 1. The van der Waals surface area contributed by atoms with Gasteiger partial charge in [-0.05, 0) is 25.1 Å². The van der Waals surface area contributed by atoms with E-state index in [9.17, 15) is 4.79 Å². The maximum absolute atomic E-state index is 12.3. The number of carbonyl (C=O) groups excluding carboxylic acids is 1. The van der Waals surface area contributed by atoms with E-state index in [4.69, 9.17) is 11.6 Å². The first-order valence-corrected chi connectivity index (χ1v) is 8.32. The minimum Gasteiger partial charge on any atom is -0.328 e. The largest absolute Gasteiger partial charge is 0.328 e. The lowest BCUT2D eigenvalue weighted by Gasteiger charge is -2.31. The van der Waals surface area contributed by atoms with Crippen LogP contribution in [0.15, 0.2) is 30.5 Å². The first kappa shape index (κ1) is 16.5. The van der Waals surface area contributed by atoms with Gasteiger partial charge < -0.3 is 15.1 Å². The second-order valence-electron chi connectivity index (χ2n) is 5.77. The number of benzene rings is 1. The highest BCUT2D eigenvalue weighted by Gasteiger charge is 2.24. The SMILES string of the molecule is CCN(C)C(=O)N1CCc2nc(Nc3cccc(Cl)c3)ncc2C1. The molecule has 0 spiro atoms. The standard InChI is InChI=1S/C17H20ClN5O/c1-3-22(2)17(24)23-8-7-15-12(11-23)10-19-16(21-15)20-14-6-4-5-13(18)9-14/h4-6,9-10H,3,7-8,11H2,1-2H3,(H,19,20,21). The molecule has 0 bridgehead atoms. The summed E-state index contributed by atoms with van der Waals surface area (Å²) in [6.07, 6.45) is 2.52. The first-order valence-electron chi connectivity index (χ1n) is 7.94. The Balaban J connectivity index is 1.73. The fourth-order valence-electron chi connectivity index (χ4n) is 2.61. The Morgan fingerprint density at radius 1 is 1.46 bits per heavy atom. The molecule has 1 N–H and O–H groups in total. The lowest BCUT2D eigenvalue weighted by molar-refractivity contribution is 0.159. The van der Waals surface area contributed by atoms with Crippen molar-refractivity contribution in [2.75, 3.05) is 25.5 Å². The van der Waals surface area contributed by atoms with Crippen LogP contribution in [0, 0.1) is 0 Å². The van der Waals surface area contributed by atoms with Gasteiger partial charge in [-0.15, -0.1) is 0 Å². The predicted octanol–water partition coefficient (Wildman–Crippen LogP) is 3.30. The molecule has 1 aliphatic rings. The van der Waals surface area contributed by atoms with E-state index in [1.54, 1.807) is 11.1 Å². The van der Waals surface area contributed by atoms with E-state index in [0.717, 1.165) is 23.4 Å². The molecule has 1 aromatic heterocycles. The van der Waals surface area contributed by atoms with Gasteiger partial charge in [-0.1, -0.05) is 17.7 Å². The van der Waals surface area contributed by atoms with E-state index in [2.05, 4.69) is 15.3 Å². The molecule has 0 atom stereocenters. The Kier molecular flexibility index (Phi) is 4.85. The Hall–Kier alpha value is -2.34. The Bertz CT molecular complexity index is 752. The molecule has 2 aromatic rings. The minimum absolute atomic E-state index is 0.0456. The predicted molar refractivity (Wildman–Crippen MR) is 94.6 cm³/mol. The van der Waals surface area contributed by atoms with Crippen LogP contribution >= 0.6 is 11.6 Å². The van der Waals surface area contributed by atoms with Crippen molar-refractivity contribution >= 4 is 29.3 Å². The molecule has 2 heterocycles. The Labute approximate surface area is 146 Å². The van der Waals surface area contributed by atoms with Crippen LogP contribution in [0.5, 0.6) is 0 Å². The first-order chi connectivity index (χ1) is 11.6. The summed E-state index contributed by atoms with van der Waals surface area (Å²) >= 11 is 5.99. The number of hydrogen-bond donors (Lipinski definition) is 1. The van der Waals surface area contributed by atoms with Gasteiger partial charge >= 0.3 is 6.03 Å². The number of urea groups is 1. The highest BCUT2D eigenvalue weighted by atomic mass is 35.5. The van der Waals surface area contributed by atoms with Gasteiger partial charge in [0.05, 0.1) is 12.2 Å². The number of anilines is 2. The van der Waals surface area contributed by atoms with Crippen LogP contribution < -0.4 is 5.32 Å². The monoisotopic (exact) mass is 345 g/mol. The number of nitrogens with zero attached hydrogens (tertiary/aromatic N) is 4. The van der Waals surface area contributed by atoms with Gasteiger partial charge in [0.2, 0.25) is 5.95 Å². The molecule has 0 fully saturated rings. The van der Waals surface area contributed by atoms with Crippen molar-refractivity contribution in [3.63, 3.8) is 0 Å². The van der Waals surface area contributed by atoms with E-state index >= 15 is 0 Å². The molecule has 1 aromatic carbocycles. The molecule has 1 aliphatic heterocycles. The number of amides is 2. The third-order valence-electron chi connectivity index (χ3n) is 4.09. The summed E-state index contributed by atoms with van der Waals surface area (Å²) in [6, 6.07) is 7.47. The third kappa shape index (κ3) is 3.59. The lowest BCUT2D eigenvalue weighted by atomic mass is 10.1. The summed E-state index contributed by atoms with van der Waals surface area (Å²) in [5.41, 5.74) is 2.83. The van der Waals surface area contributed by atoms with E-state index in [1.807, 2.05) is 43.1 Å². The zero-order valence-corrected chi connectivity index (χ0v) is 14.5. The van der Waals surface area contributed by atoms with E-state index in [1.165, 1.54) is 0 Å². The zero-order chi connectivity index (χ0) is 17.1. The fourth-order valence-corrected chi connectivity index (χ4v) is 2.80. The number of rotatable bonds is 3. The summed E-state index contributed by atoms with van der Waals surface area (Å²) in [6.45, 7) is 3.88. The number of aromatic nitrogens is 2. The number of hydrogen-bond acceptors (Lipinski definition) is 4. The Morgan fingerprint density at radius 2 is 2.29 bits per heavy atom. The Morgan fingerprint density at radius 3 is 3.04 bits per heavy atom. The molecule has 126 valence electrons. The minimum atomic E-state index is 0.0456. The molecule has 0 radical (unpaired) electrons. The van der Waals surface area contributed by atoms with Crippen molar-refractivity contribution in [2.24, 2.45) is 0 Å². The lowest BCUT2D eigenvalue weighted by Crippen LogP contribution is -2.43. The average Bonchev–Trinajstić information content (AvgIpc) is 2.60. The van der Waals surface area contributed by atoms with Gasteiger partial charge in [0, 0.05) is 49.0 Å². The second kappa shape index (κ2) is 7.05. The van der Waals surface area contributed by atoms with Crippen LogP contribution in [0.4, 0.5) is 16.4 Å². The number of halogens is 1. The van der Waals surface area contributed by atoms with Gasteiger partial charge in [-0.2, -0.15) is 0 Å². The quantitative estimate of drug-likeness (QED) is 0.927. The molecular formula is C17H20ClN5O. The van der Waals surface area contributed by atoms with E-state index in [0.29, 0.717) is 30.6 Å². The van der Waals surface area contributed by atoms with Gasteiger partial charge in [-0.3, -0.25) is 0 Å². The smallest absolute Gasteiger partial charge is 0.320 e. The highest BCUT2D eigenvalue weighted by Crippen LogP contribution is 2.21. The molecule has 6 nitrogen and oxygen atoms in total. The molecule has 2 amide bonds. The van der Waals surface area contributed by atoms with Crippen molar-refractivity contribution < 1.29 is 4.79 Å². The van der Waals surface area contributed by atoms with Crippen LogP contribution in [0.2, 0.25) is 5.02 Å². The summed E-state index contributed by atoms with van der Waals surface area (Å²) in [5.74, 6) is 0.543. The third-order valence-corrected chi connectivity index (χ3v) is 4.32. The molecular weight excluding hydrogens is 326 g/mol. The zero-order valence-electron chi connectivity index (χ0n) is 13.8.